The smallest absolute Gasteiger partial charge is 0.329 e. The molecule has 0 aromatic carbocycles. The third kappa shape index (κ3) is 3.18. The SMILES string of the molecule is CC(=O)NC(C)C(=O)NC(C)(C(=O)O)C1CC1. The summed E-state index contributed by atoms with van der Waals surface area (Å²) in [6.45, 7) is 4.33. The zero-order valence-electron chi connectivity index (χ0n) is 10.2. The van der Waals surface area contributed by atoms with Crippen LogP contribution in [0.4, 0.5) is 0 Å². The maximum Gasteiger partial charge on any atom is 0.329 e. The Kier molecular flexibility index (Phi) is 3.75. The average Bonchev–Trinajstić information content (AvgIpc) is 2.98. The third-order valence-corrected chi connectivity index (χ3v) is 3.03. The first kappa shape index (κ1) is 13.5. The highest BCUT2D eigenvalue weighted by Crippen LogP contribution is 2.39. The summed E-state index contributed by atoms with van der Waals surface area (Å²) < 4.78 is 0. The Balaban J connectivity index is 2.64. The normalized spacial score (nSPS) is 19.9. The molecule has 6 heteroatoms. The molecule has 2 atom stereocenters. The summed E-state index contributed by atoms with van der Waals surface area (Å²) in [5, 5.41) is 14.1. The van der Waals surface area contributed by atoms with Gasteiger partial charge in [0, 0.05) is 6.92 Å². The molecule has 1 aliphatic carbocycles. The molecule has 1 aliphatic rings. The van der Waals surface area contributed by atoms with Crippen LogP contribution in [-0.2, 0) is 14.4 Å². The predicted molar refractivity (Wildman–Crippen MR) is 60.2 cm³/mol. The molecular formula is C11H18N2O4. The number of carbonyl (C=O) groups excluding carboxylic acids is 2. The lowest BCUT2D eigenvalue weighted by molar-refractivity contribution is -0.148. The number of amides is 2. The Labute approximate surface area is 99.8 Å². The van der Waals surface area contributed by atoms with Crippen molar-refractivity contribution in [2.75, 3.05) is 0 Å². The van der Waals surface area contributed by atoms with Crippen molar-refractivity contribution in [1.82, 2.24) is 10.6 Å². The summed E-state index contributed by atoms with van der Waals surface area (Å²) in [5.74, 6) is -1.86. The number of carboxylic acid groups (broad SMARTS) is 1. The van der Waals surface area contributed by atoms with Crippen LogP contribution in [-0.4, -0.2) is 34.5 Å². The molecular weight excluding hydrogens is 224 g/mol. The number of carboxylic acids is 1. The van der Waals surface area contributed by atoms with Crippen molar-refractivity contribution in [2.24, 2.45) is 5.92 Å². The van der Waals surface area contributed by atoms with E-state index in [9.17, 15) is 14.4 Å². The lowest BCUT2D eigenvalue weighted by Gasteiger charge is -2.27. The van der Waals surface area contributed by atoms with Crippen molar-refractivity contribution >= 4 is 17.8 Å². The topological polar surface area (TPSA) is 95.5 Å². The van der Waals surface area contributed by atoms with Crippen molar-refractivity contribution in [1.29, 1.82) is 0 Å². The number of aliphatic carboxylic acids is 1. The quantitative estimate of drug-likeness (QED) is 0.626. The molecule has 2 unspecified atom stereocenters. The summed E-state index contributed by atoms with van der Waals surface area (Å²) in [5.41, 5.74) is -1.23. The molecule has 3 N–H and O–H groups in total. The van der Waals surface area contributed by atoms with E-state index in [1.807, 2.05) is 0 Å². The van der Waals surface area contributed by atoms with Crippen LogP contribution >= 0.6 is 0 Å². The molecule has 1 fully saturated rings. The molecule has 0 bridgehead atoms. The second-order valence-electron chi connectivity index (χ2n) is 4.69. The number of nitrogens with one attached hydrogen (secondary N) is 2. The molecule has 0 aromatic rings. The van der Waals surface area contributed by atoms with Crippen LogP contribution in [0.1, 0.15) is 33.6 Å². The highest BCUT2D eigenvalue weighted by Gasteiger charge is 2.48. The molecule has 1 rings (SSSR count). The van der Waals surface area contributed by atoms with Crippen LogP contribution in [0.2, 0.25) is 0 Å². The monoisotopic (exact) mass is 242 g/mol. The lowest BCUT2D eigenvalue weighted by atomic mass is 9.95. The molecule has 6 nitrogen and oxygen atoms in total. The molecule has 0 radical (unpaired) electrons. The summed E-state index contributed by atoms with van der Waals surface area (Å²) in [7, 11) is 0. The Morgan fingerprint density at radius 1 is 1.35 bits per heavy atom. The van der Waals surface area contributed by atoms with Gasteiger partial charge in [-0.05, 0) is 32.6 Å². The Morgan fingerprint density at radius 2 is 1.88 bits per heavy atom. The zero-order valence-corrected chi connectivity index (χ0v) is 10.2. The van der Waals surface area contributed by atoms with Gasteiger partial charge in [-0.15, -0.1) is 0 Å². The van der Waals surface area contributed by atoms with Crippen molar-refractivity contribution in [3.8, 4) is 0 Å². The molecule has 96 valence electrons. The second kappa shape index (κ2) is 4.73. The van der Waals surface area contributed by atoms with Crippen molar-refractivity contribution in [2.45, 2.75) is 45.2 Å². The molecule has 2 amide bonds. The van der Waals surface area contributed by atoms with Gasteiger partial charge < -0.3 is 15.7 Å². The fourth-order valence-electron chi connectivity index (χ4n) is 1.73. The summed E-state index contributed by atoms with van der Waals surface area (Å²) >= 11 is 0. The number of carbonyl (C=O) groups is 3. The molecule has 0 aromatic heterocycles. The van der Waals surface area contributed by atoms with E-state index in [0.29, 0.717) is 0 Å². The molecule has 0 heterocycles. The molecule has 0 spiro atoms. The van der Waals surface area contributed by atoms with Crippen LogP contribution in [0, 0.1) is 5.92 Å². The maximum absolute atomic E-state index is 11.7. The highest BCUT2D eigenvalue weighted by atomic mass is 16.4. The van der Waals surface area contributed by atoms with E-state index in [1.165, 1.54) is 20.8 Å². The number of hydrogen-bond donors (Lipinski definition) is 3. The highest BCUT2D eigenvalue weighted by molar-refractivity contribution is 5.91. The van der Waals surface area contributed by atoms with E-state index in [4.69, 9.17) is 5.11 Å². The van der Waals surface area contributed by atoms with Crippen LogP contribution in [0.15, 0.2) is 0 Å². The Bertz CT molecular complexity index is 351. The van der Waals surface area contributed by atoms with Gasteiger partial charge in [0.25, 0.3) is 0 Å². The maximum atomic E-state index is 11.7. The predicted octanol–water partition coefficient (Wildman–Crippen LogP) is -0.119. The number of rotatable bonds is 5. The first-order valence-electron chi connectivity index (χ1n) is 5.60. The largest absolute Gasteiger partial charge is 0.480 e. The van der Waals surface area contributed by atoms with E-state index in [-0.39, 0.29) is 11.8 Å². The van der Waals surface area contributed by atoms with Gasteiger partial charge in [-0.2, -0.15) is 0 Å². The first-order chi connectivity index (χ1) is 7.77. The molecule has 17 heavy (non-hydrogen) atoms. The van der Waals surface area contributed by atoms with E-state index in [1.54, 1.807) is 0 Å². The van der Waals surface area contributed by atoms with Crippen LogP contribution in [0.25, 0.3) is 0 Å². The van der Waals surface area contributed by atoms with E-state index >= 15 is 0 Å². The number of hydrogen-bond acceptors (Lipinski definition) is 3. The standard InChI is InChI=1S/C11H18N2O4/c1-6(12-7(2)14)9(15)13-11(3,10(16)17)8-4-5-8/h6,8H,4-5H2,1-3H3,(H,12,14)(H,13,15)(H,16,17). The minimum Gasteiger partial charge on any atom is -0.480 e. The zero-order chi connectivity index (χ0) is 13.2. The van der Waals surface area contributed by atoms with E-state index in [2.05, 4.69) is 10.6 Å². The van der Waals surface area contributed by atoms with Crippen molar-refractivity contribution in [3.63, 3.8) is 0 Å². The van der Waals surface area contributed by atoms with Crippen LogP contribution in [0.3, 0.4) is 0 Å². The van der Waals surface area contributed by atoms with Gasteiger partial charge in [0.2, 0.25) is 11.8 Å². The third-order valence-electron chi connectivity index (χ3n) is 3.03. The fraction of sp³-hybridized carbons (Fsp3) is 0.727. The van der Waals surface area contributed by atoms with Gasteiger partial charge >= 0.3 is 5.97 Å². The van der Waals surface area contributed by atoms with Gasteiger partial charge in [0.1, 0.15) is 11.6 Å². The minimum atomic E-state index is -1.23. The van der Waals surface area contributed by atoms with Crippen molar-refractivity contribution < 1.29 is 19.5 Å². The van der Waals surface area contributed by atoms with Gasteiger partial charge in [0.15, 0.2) is 0 Å². The minimum absolute atomic E-state index is 0.0199. The van der Waals surface area contributed by atoms with Gasteiger partial charge in [-0.1, -0.05) is 0 Å². The van der Waals surface area contributed by atoms with Crippen LogP contribution in [0.5, 0.6) is 0 Å². The van der Waals surface area contributed by atoms with Gasteiger partial charge in [-0.25, -0.2) is 4.79 Å². The summed E-state index contributed by atoms with van der Waals surface area (Å²) in [4.78, 5) is 33.7. The van der Waals surface area contributed by atoms with Gasteiger partial charge in [0.05, 0.1) is 0 Å². The average molecular weight is 242 g/mol. The van der Waals surface area contributed by atoms with Crippen molar-refractivity contribution in [3.05, 3.63) is 0 Å². The van der Waals surface area contributed by atoms with E-state index in [0.717, 1.165) is 12.8 Å². The second-order valence-corrected chi connectivity index (χ2v) is 4.69. The van der Waals surface area contributed by atoms with Gasteiger partial charge in [-0.3, -0.25) is 9.59 Å². The van der Waals surface area contributed by atoms with Crippen LogP contribution < -0.4 is 10.6 Å². The molecule has 0 saturated heterocycles. The Morgan fingerprint density at radius 3 is 2.24 bits per heavy atom. The Hall–Kier alpha value is -1.59. The van der Waals surface area contributed by atoms with E-state index < -0.39 is 23.5 Å². The lowest BCUT2D eigenvalue weighted by Crippen LogP contribution is -2.58. The molecule has 0 aliphatic heterocycles. The summed E-state index contributed by atoms with van der Waals surface area (Å²) in [6, 6.07) is -0.732. The first-order valence-corrected chi connectivity index (χ1v) is 5.60. The molecule has 1 saturated carbocycles. The summed E-state index contributed by atoms with van der Waals surface area (Å²) in [6.07, 6.45) is 1.61. The fourth-order valence-corrected chi connectivity index (χ4v) is 1.73.